The number of aryl methyl sites for hydroxylation is 1. The number of benzene rings is 1. The fourth-order valence-corrected chi connectivity index (χ4v) is 3.29. The number of carbonyl (C=O) groups is 2. The lowest BCUT2D eigenvalue weighted by Crippen LogP contribution is -2.45. The van der Waals surface area contributed by atoms with Gasteiger partial charge in [0, 0.05) is 25.4 Å². The van der Waals surface area contributed by atoms with Crippen molar-refractivity contribution in [3.63, 3.8) is 0 Å². The van der Waals surface area contributed by atoms with Crippen LogP contribution in [0.3, 0.4) is 0 Å². The minimum Gasteiger partial charge on any atom is -0.369 e. The molecule has 2 N–H and O–H groups in total. The van der Waals surface area contributed by atoms with Gasteiger partial charge in [-0.15, -0.1) is 5.10 Å². The predicted octanol–water partition coefficient (Wildman–Crippen LogP) is 0.628. The van der Waals surface area contributed by atoms with E-state index in [1.54, 1.807) is 24.0 Å². The van der Waals surface area contributed by atoms with Crippen LogP contribution in [0.25, 0.3) is 0 Å². The molecule has 1 saturated heterocycles. The van der Waals surface area contributed by atoms with Crippen molar-refractivity contribution in [3.05, 3.63) is 41.5 Å². The molecule has 26 heavy (non-hydrogen) atoms. The molecule has 0 radical (unpaired) electrons. The number of likely N-dealkylation sites (tertiary alicyclic amines) is 1. The topological polar surface area (TPSA) is 107 Å². The Morgan fingerprint density at radius 1 is 1.35 bits per heavy atom. The second-order valence-corrected chi connectivity index (χ2v) is 6.52. The first-order valence-electron chi connectivity index (χ1n) is 8.52. The van der Waals surface area contributed by atoms with Gasteiger partial charge in [0.25, 0.3) is 0 Å². The Hall–Kier alpha value is -2.84. The van der Waals surface area contributed by atoms with Crippen LogP contribution in [0.15, 0.2) is 24.3 Å². The number of nitrogens with zero attached hydrogens (tertiary/aromatic N) is 5. The quantitative estimate of drug-likeness (QED) is 0.841. The molecule has 138 valence electrons. The number of nitrogens with two attached hydrogens (primary N) is 1. The number of amides is 2. The largest absolute Gasteiger partial charge is 0.369 e. The zero-order valence-corrected chi connectivity index (χ0v) is 14.5. The summed E-state index contributed by atoms with van der Waals surface area (Å²) in [6.45, 7) is 2.62. The Balaban J connectivity index is 1.81. The average molecular weight is 360 g/mol. The van der Waals surface area contributed by atoms with Crippen LogP contribution in [0.4, 0.5) is 4.39 Å². The van der Waals surface area contributed by atoms with Gasteiger partial charge in [0.1, 0.15) is 17.7 Å². The number of halogens is 1. The van der Waals surface area contributed by atoms with E-state index < -0.39 is 6.04 Å². The molecule has 2 aromatic rings. The van der Waals surface area contributed by atoms with Gasteiger partial charge in [0.15, 0.2) is 0 Å². The molecule has 9 heteroatoms. The Morgan fingerprint density at radius 2 is 2.08 bits per heavy atom. The van der Waals surface area contributed by atoms with Crippen molar-refractivity contribution in [1.82, 2.24) is 25.1 Å². The lowest BCUT2D eigenvalue weighted by Gasteiger charge is -2.33. The third kappa shape index (κ3) is 3.87. The average Bonchev–Trinajstić information content (AvgIpc) is 3.05. The summed E-state index contributed by atoms with van der Waals surface area (Å²) >= 11 is 0. The van der Waals surface area contributed by atoms with E-state index in [1.165, 1.54) is 16.8 Å². The van der Waals surface area contributed by atoms with Crippen LogP contribution in [0, 0.1) is 18.7 Å². The van der Waals surface area contributed by atoms with Crippen molar-refractivity contribution in [2.45, 2.75) is 32.2 Å². The molecule has 1 atom stereocenters. The molecule has 2 heterocycles. The molecule has 2 amide bonds. The van der Waals surface area contributed by atoms with E-state index in [4.69, 9.17) is 5.73 Å². The van der Waals surface area contributed by atoms with E-state index >= 15 is 0 Å². The van der Waals surface area contributed by atoms with E-state index in [2.05, 4.69) is 15.5 Å². The van der Waals surface area contributed by atoms with Gasteiger partial charge >= 0.3 is 0 Å². The molecule has 3 rings (SSSR count). The minimum absolute atomic E-state index is 0.146. The molecule has 1 aliphatic rings. The summed E-state index contributed by atoms with van der Waals surface area (Å²) in [6.07, 6.45) is 1.36. The predicted molar refractivity (Wildman–Crippen MR) is 90.2 cm³/mol. The van der Waals surface area contributed by atoms with Crippen LogP contribution in [-0.2, 0) is 16.0 Å². The molecule has 1 aromatic heterocycles. The lowest BCUT2D eigenvalue weighted by atomic mass is 9.95. The monoisotopic (exact) mass is 360 g/mol. The normalized spacial score (nSPS) is 16.5. The SMILES string of the molecule is Cc1nnnn1C(Cc1cccc(F)c1)C(=O)N1CCC(C(N)=O)CC1. The molecular weight excluding hydrogens is 339 g/mol. The molecule has 1 fully saturated rings. The summed E-state index contributed by atoms with van der Waals surface area (Å²) in [7, 11) is 0. The Labute approximate surface area is 150 Å². The zero-order valence-electron chi connectivity index (χ0n) is 14.5. The standard InChI is InChI=1S/C17H21FN6O2/c1-11-20-21-22-24(11)15(10-12-3-2-4-14(18)9-12)17(26)23-7-5-13(6-8-23)16(19)25/h2-4,9,13,15H,5-8,10H2,1H3,(H2,19,25). The molecular formula is C17H21FN6O2. The number of hydrogen-bond donors (Lipinski definition) is 1. The number of hydrogen-bond acceptors (Lipinski definition) is 5. The van der Waals surface area contributed by atoms with Crippen LogP contribution in [0.5, 0.6) is 0 Å². The fourth-order valence-electron chi connectivity index (χ4n) is 3.29. The summed E-state index contributed by atoms with van der Waals surface area (Å²) in [4.78, 5) is 26.1. The van der Waals surface area contributed by atoms with Crippen molar-refractivity contribution in [2.75, 3.05) is 13.1 Å². The maximum Gasteiger partial charge on any atom is 0.247 e. The van der Waals surface area contributed by atoms with E-state index in [1.807, 2.05) is 0 Å². The minimum atomic E-state index is -0.670. The van der Waals surface area contributed by atoms with Gasteiger partial charge in [-0.1, -0.05) is 12.1 Å². The van der Waals surface area contributed by atoms with Gasteiger partial charge in [0.05, 0.1) is 0 Å². The van der Waals surface area contributed by atoms with Crippen LogP contribution < -0.4 is 5.73 Å². The number of primary amides is 1. The molecule has 0 saturated carbocycles. The smallest absolute Gasteiger partial charge is 0.247 e. The molecule has 0 bridgehead atoms. The third-order valence-corrected chi connectivity index (χ3v) is 4.76. The summed E-state index contributed by atoms with van der Waals surface area (Å²) in [6, 6.07) is 5.47. The molecule has 0 spiro atoms. The van der Waals surface area contributed by atoms with E-state index in [-0.39, 0.29) is 30.0 Å². The number of tetrazole rings is 1. The number of carbonyl (C=O) groups excluding carboxylic acids is 2. The molecule has 0 aliphatic carbocycles. The second kappa shape index (κ2) is 7.59. The molecule has 8 nitrogen and oxygen atoms in total. The van der Waals surface area contributed by atoms with Crippen LogP contribution >= 0.6 is 0 Å². The second-order valence-electron chi connectivity index (χ2n) is 6.52. The van der Waals surface area contributed by atoms with Gasteiger partial charge < -0.3 is 10.6 Å². The van der Waals surface area contributed by atoms with Gasteiger partial charge in [-0.25, -0.2) is 9.07 Å². The highest BCUT2D eigenvalue weighted by Gasteiger charge is 2.32. The zero-order chi connectivity index (χ0) is 18.7. The van der Waals surface area contributed by atoms with Crippen LogP contribution in [-0.4, -0.2) is 50.0 Å². The van der Waals surface area contributed by atoms with E-state index in [0.717, 1.165) is 0 Å². The van der Waals surface area contributed by atoms with Crippen LogP contribution in [0.2, 0.25) is 0 Å². The Bertz CT molecular complexity index is 800. The molecule has 1 aliphatic heterocycles. The molecule has 1 aromatic carbocycles. The summed E-state index contributed by atoms with van der Waals surface area (Å²) in [5, 5.41) is 11.4. The van der Waals surface area contributed by atoms with Crippen molar-refractivity contribution in [2.24, 2.45) is 11.7 Å². The van der Waals surface area contributed by atoms with Gasteiger partial charge in [-0.2, -0.15) is 0 Å². The number of rotatable bonds is 5. The van der Waals surface area contributed by atoms with E-state index in [0.29, 0.717) is 37.3 Å². The van der Waals surface area contributed by atoms with Crippen molar-refractivity contribution < 1.29 is 14.0 Å². The van der Waals surface area contributed by atoms with E-state index in [9.17, 15) is 14.0 Å². The highest BCUT2D eigenvalue weighted by molar-refractivity contribution is 5.81. The van der Waals surface area contributed by atoms with Gasteiger partial charge in [-0.05, 0) is 47.9 Å². The third-order valence-electron chi connectivity index (χ3n) is 4.76. The first kappa shape index (κ1) is 18.0. The number of aromatic nitrogens is 4. The van der Waals surface area contributed by atoms with Crippen molar-refractivity contribution in [1.29, 1.82) is 0 Å². The number of piperidine rings is 1. The maximum atomic E-state index is 13.5. The maximum absolute atomic E-state index is 13.5. The first-order chi connectivity index (χ1) is 12.5. The van der Waals surface area contributed by atoms with Gasteiger partial charge in [0.2, 0.25) is 11.8 Å². The van der Waals surface area contributed by atoms with Gasteiger partial charge in [-0.3, -0.25) is 9.59 Å². The Morgan fingerprint density at radius 3 is 2.65 bits per heavy atom. The summed E-state index contributed by atoms with van der Waals surface area (Å²) < 4.78 is 15.0. The summed E-state index contributed by atoms with van der Waals surface area (Å²) in [5.41, 5.74) is 6.04. The first-order valence-corrected chi connectivity index (χ1v) is 8.52. The van der Waals surface area contributed by atoms with Crippen LogP contribution in [0.1, 0.15) is 30.3 Å². The van der Waals surface area contributed by atoms with Crippen molar-refractivity contribution in [3.8, 4) is 0 Å². The highest BCUT2D eigenvalue weighted by Crippen LogP contribution is 2.23. The fraction of sp³-hybridized carbons (Fsp3) is 0.471. The van der Waals surface area contributed by atoms with Crippen molar-refractivity contribution >= 4 is 11.8 Å². The Kier molecular flexibility index (Phi) is 5.24. The molecule has 1 unspecified atom stereocenters. The summed E-state index contributed by atoms with van der Waals surface area (Å²) in [5.74, 6) is -0.524. The highest BCUT2D eigenvalue weighted by atomic mass is 19.1. The lowest BCUT2D eigenvalue weighted by molar-refractivity contribution is -0.138.